The van der Waals surface area contributed by atoms with Crippen molar-refractivity contribution >= 4 is 29.6 Å². The fourth-order valence-electron chi connectivity index (χ4n) is 1.87. The molecule has 1 aliphatic rings. The molecule has 2 N–H and O–H groups in total. The van der Waals surface area contributed by atoms with Crippen molar-refractivity contribution in [1.82, 2.24) is 10.6 Å². The highest BCUT2D eigenvalue weighted by atomic mass is 35.5. The maximum absolute atomic E-state index is 11.5. The molecule has 0 aromatic heterocycles. The first-order valence-electron chi connectivity index (χ1n) is 6.48. The van der Waals surface area contributed by atoms with Gasteiger partial charge in [-0.15, -0.1) is 0 Å². The Bertz CT molecular complexity index is 613. The first kappa shape index (κ1) is 15.2. The molecule has 0 spiro atoms. The fourth-order valence-corrected chi connectivity index (χ4v) is 2.14. The van der Waals surface area contributed by atoms with Crippen molar-refractivity contribution in [2.75, 3.05) is 13.2 Å². The molecule has 1 aliphatic heterocycles. The molecule has 2 rings (SSSR count). The van der Waals surface area contributed by atoms with E-state index in [-0.39, 0.29) is 5.70 Å². The number of ether oxygens (including phenoxy) is 2. The number of carbonyl (C=O) groups excluding carboxylic acids is 2. The molecule has 6 nitrogen and oxygen atoms in total. The third kappa shape index (κ3) is 3.46. The van der Waals surface area contributed by atoms with Crippen LogP contribution in [0, 0.1) is 0 Å². The number of rotatable bonds is 5. The first-order chi connectivity index (χ1) is 10.0. The van der Waals surface area contributed by atoms with Gasteiger partial charge in [-0.25, -0.2) is 4.79 Å². The van der Waals surface area contributed by atoms with Gasteiger partial charge in [-0.1, -0.05) is 11.6 Å². The van der Waals surface area contributed by atoms with Gasteiger partial charge in [-0.05, 0) is 37.6 Å². The molecule has 7 heteroatoms. The molecular weight excluding hydrogens is 296 g/mol. The second-order valence-corrected chi connectivity index (χ2v) is 4.57. The summed E-state index contributed by atoms with van der Waals surface area (Å²) in [4.78, 5) is 22.6. The summed E-state index contributed by atoms with van der Waals surface area (Å²) in [7, 11) is 0. The normalized spacial score (nSPS) is 15.9. The van der Waals surface area contributed by atoms with Gasteiger partial charge in [-0.3, -0.25) is 10.1 Å². The maximum Gasteiger partial charge on any atom is 0.326 e. The monoisotopic (exact) mass is 310 g/mol. The van der Waals surface area contributed by atoms with Crippen LogP contribution in [0.25, 0.3) is 6.08 Å². The van der Waals surface area contributed by atoms with Crippen LogP contribution in [0.2, 0.25) is 5.02 Å². The van der Waals surface area contributed by atoms with E-state index in [1.165, 1.54) is 6.08 Å². The van der Waals surface area contributed by atoms with Crippen molar-refractivity contribution in [3.05, 3.63) is 28.4 Å². The minimum Gasteiger partial charge on any atom is -0.490 e. The topological polar surface area (TPSA) is 76.7 Å². The Morgan fingerprint density at radius 2 is 1.86 bits per heavy atom. The summed E-state index contributed by atoms with van der Waals surface area (Å²) in [6.07, 6.45) is 1.52. The molecule has 0 radical (unpaired) electrons. The summed E-state index contributed by atoms with van der Waals surface area (Å²) in [5.41, 5.74) is 0.780. The van der Waals surface area contributed by atoms with Crippen molar-refractivity contribution in [3.63, 3.8) is 0 Å². The lowest BCUT2D eigenvalue weighted by atomic mass is 10.1. The largest absolute Gasteiger partial charge is 0.490 e. The highest BCUT2D eigenvalue weighted by Crippen LogP contribution is 2.37. The van der Waals surface area contributed by atoms with Crippen LogP contribution in [-0.4, -0.2) is 25.2 Å². The van der Waals surface area contributed by atoms with Gasteiger partial charge in [0.1, 0.15) is 5.70 Å². The third-order valence-corrected chi connectivity index (χ3v) is 2.93. The molecule has 0 unspecified atom stereocenters. The van der Waals surface area contributed by atoms with E-state index >= 15 is 0 Å². The standard InChI is InChI=1S/C14H15ClN2O4/c1-3-20-11-7-8(5-9(15)12(11)21-4-2)6-10-13(18)17-14(19)16-10/h5-7H,3-4H2,1-2H3,(H2,16,17,18,19)/b10-6+. The Labute approximate surface area is 127 Å². The second-order valence-electron chi connectivity index (χ2n) is 4.16. The van der Waals surface area contributed by atoms with E-state index in [2.05, 4.69) is 10.6 Å². The molecule has 21 heavy (non-hydrogen) atoms. The lowest BCUT2D eigenvalue weighted by molar-refractivity contribution is -0.115. The van der Waals surface area contributed by atoms with Gasteiger partial charge >= 0.3 is 6.03 Å². The highest BCUT2D eigenvalue weighted by Gasteiger charge is 2.23. The number of amides is 3. The van der Waals surface area contributed by atoms with Gasteiger partial charge in [-0.2, -0.15) is 0 Å². The van der Waals surface area contributed by atoms with Crippen molar-refractivity contribution in [2.24, 2.45) is 0 Å². The summed E-state index contributed by atoms with van der Waals surface area (Å²) in [5, 5.41) is 4.91. The van der Waals surface area contributed by atoms with Crippen molar-refractivity contribution in [3.8, 4) is 11.5 Å². The Hall–Kier alpha value is -2.21. The number of urea groups is 1. The summed E-state index contributed by atoms with van der Waals surface area (Å²) < 4.78 is 11.0. The smallest absolute Gasteiger partial charge is 0.326 e. The van der Waals surface area contributed by atoms with Crippen LogP contribution in [-0.2, 0) is 4.79 Å². The zero-order chi connectivity index (χ0) is 15.4. The summed E-state index contributed by atoms with van der Waals surface area (Å²) in [6, 6.07) is 2.79. The number of carbonyl (C=O) groups is 2. The lowest BCUT2D eigenvalue weighted by Gasteiger charge is -2.13. The van der Waals surface area contributed by atoms with Crippen LogP contribution in [0.1, 0.15) is 19.4 Å². The van der Waals surface area contributed by atoms with Gasteiger partial charge in [0, 0.05) is 0 Å². The Kier molecular flexibility index (Phi) is 4.70. The summed E-state index contributed by atoms with van der Waals surface area (Å²) in [5.74, 6) is 0.467. The molecule has 3 amide bonds. The highest BCUT2D eigenvalue weighted by molar-refractivity contribution is 6.32. The molecular formula is C14H15ClN2O4. The van der Waals surface area contributed by atoms with Crippen LogP contribution in [0.5, 0.6) is 11.5 Å². The molecule has 1 saturated heterocycles. The lowest BCUT2D eigenvalue weighted by Crippen LogP contribution is -2.22. The molecule has 0 atom stereocenters. The molecule has 0 bridgehead atoms. The number of benzene rings is 1. The average Bonchev–Trinajstić information content (AvgIpc) is 2.72. The predicted octanol–water partition coefficient (Wildman–Crippen LogP) is 2.32. The van der Waals surface area contributed by atoms with Gasteiger partial charge in [0.25, 0.3) is 5.91 Å². The fraction of sp³-hybridized carbons (Fsp3) is 0.286. The van der Waals surface area contributed by atoms with Crippen LogP contribution in [0.4, 0.5) is 4.79 Å². The number of imide groups is 1. The SMILES string of the molecule is CCOc1cc(/C=C2/NC(=O)NC2=O)cc(Cl)c1OCC. The zero-order valence-electron chi connectivity index (χ0n) is 11.7. The number of hydrogen-bond donors (Lipinski definition) is 2. The van der Waals surface area contributed by atoms with E-state index < -0.39 is 11.9 Å². The Balaban J connectivity index is 2.39. The van der Waals surface area contributed by atoms with E-state index in [1.54, 1.807) is 12.1 Å². The van der Waals surface area contributed by atoms with Crippen LogP contribution in [0.3, 0.4) is 0 Å². The third-order valence-electron chi connectivity index (χ3n) is 2.65. The number of nitrogens with one attached hydrogen (secondary N) is 2. The van der Waals surface area contributed by atoms with Crippen molar-refractivity contribution in [2.45, 2.75) is 13.8 Å². The van der Waals surface area contributed by atoms with Gasteiger partial charge in [0.05, 0.1) is 18.2 Å². The van der Waals surface area contributed by atoms with E-state index in [9.17, 15) is 9.59 Å². The number of halogens is 1. The van der Waals surface area contributed by atoms with Crippen LogP contribution in [0.15, 0.2) is 17.8 Å². The summed E-state index contributed by atoms with van der Waals surface area (Å²) >= 11 is 6.18. The molecule has 0 aliphatic carbocycles. The zero-order valence-corrected chi connectivity index (χ0v) is 12.4. The minimum atomic E-state index is -0.548. The van der Waals surface area contributed by atoms with E-state index in [0.717, 1.165) is 0 Å². The van der Waals surface area contributed by atoms with Gasteiger partial charge in [0.2, 0.25) is 0 Å². The van der Waals surface area contributed by atoms with Crippen LogP contribution >= 0.6 is 11.6 Å². The molecule has 0 saturated carbocycles. The summed E-state index contributed by atoms with van der Waals surface area (Å²) in [6.45, 7) is 4.60. The second kappa shape index (κ2) is 6.49. The minimum absolute atomic E-state index is 0.155. The molecule has 1 aromatic carbocycles. The van der Waals surface area contributed by atoms with Crippen molar-refractivity contribution in [1.29, 1.82) is 0 Å². The van der Waals surface area contributed by atoms with E-state index in [0.29, 0.717) is 35.3 Å². The van der Waals surface area contributed by atoms with E-state index in [4.69, 9.17) is 21.1 Å². The van der Waals surface area contributed by atoms with Gasteiger partial charge in [0.15, 0.2) is 11.5 Å². The first-order valence-corrected chi connectivity index (χ1v) is 6.86. The van der Waals surface area contributed by atoms with E-state index in [1.807, 2.05) is 13.8 Å². The number of hydrogen-bond acceptors (Lipinski definition) is 4. The molecule has 1 fully saturated rings. The molecule has 1 heterocycles. The van der Waals surface area contributed by atoms with Crippen LogP contribution < -0.4 is 20.1 Å². The molecule has 112 valence electrons. The Morgan fingerprint density at radius 3 is 2.43 bits per heavy atom. The maximum atomic E-state index is 11.5. The van der Waals surface area contributed by atoms with Crippen molar-refractivity contribution < 1.29 is 19.1 Å². The Morgan fingerprint density at radius 1 is 1.14 bits per heavy atom. The predicted molar refractivity (Wildman–Crippen MR) is 78.4 cm³/mol. The average molecular weight is 311 g/mol. The molecule has 1 aromatic rings. The van der Waals surface area contributed by atoms with Gasteiger partial charge < -0.3 is 14.8 Å². The quantitative estimate of drug-likeness (QED) is 0.646.